The van der Waals surface area contributed by atoms with E-state index in [1.54, 1.807) is 22.7 Å². The van der Waals surface area contributed by atoms with Gasteiger partial charge in [-0.25, -0.2) is 0 Å². The molecule has 0 bridgehead atoms. The lowest BCUT2D eigenvalue weighted by Gasteiger charge is -2.26. The molecule has 0 radical (unpaired) electrons. The van der Waals surface area contributed by atoms with Gasteiger partial charge < -0.3 is 18.9 Å². The van der Waals surface area contributed by atoms with Crippen LogP contribution in [0.4, 0.5) is 32.8 Å². The Kier molecular flexibility index (Phi) is 18.8. The topological polar surface area (TPSA) is 69.2 Å². The number of hydrogen-bond donors (Lipinski definition) is 0. The smallest absolute Gasteiger partial charge is 0.197 e. The molecule has 0 spiro atoms. The van der Waals surface area contributed by atoms with Crippen molar-refractivity contribution >= 4 is 55.4 Å². The Hall–Kier alpha value is -9.74. The number of pyridine rings is 2. The lowest BCUT2D eigenvalue weighted by atomic mass is 9.95. The zero-order valence-corrected chi connectivity index (χ0v) is 58.0. The van der Waals surface area contributed by atoms with Crippen LogP contribution >= 0.6 is 22.7 Å². The van der Waals surface area contributed by atoms with E-state index in [2.05, 4.69) is 259 Å². The van der Waals surface area contributed by atoms with Crippen molar-refractivity contribution in [2.24, 2.45) is 0 Å². The number of nitrogens with zero attached hydrogens (tertiary/aromatic N) is 4. The molecule has 2 aliphatic heterocycles. The minimum atomic E-state index is 0.432. The monoisotopic (exact) mass is 1300 g/mol. The van der Waals surface area contributed by atoms with Crippen molar-refractivity contribution < 1.29 is 18.9 Å². The maximum atomic E-state index is 6.74. The molecule has 14 rings (SSSR count). The summed E-state index contributed by atoms with van der Waals surface area (Å²) in [5.41, 5.74) is 28.1. The first-order valence-electron chi connectivity index (χ1n) is 34.5. The van der Waals surface area contributed by atoms with Crippen molar-refractivity contribution in [1.82, 2.24) is 9.97 Å². The molecule has 482 valence electrons. The zero-order chi connectivity index (χ0) is 65.8. The highest BCUT2D eigenvalue weighted by atomic mass is 32.1. The van der Waals surface area contributed by atoms with Gasteiger partial charge in [0.15, 0.2) is 23.0 Å². The number of thiophene rings is 2. The summed E-state index contributed by atoms with van der Waals surface area (Å²) in [5.74, 6) is 2.89. The summed E-state index contributed by atoms with van der Waals surface area (Å²) in [6, 6.07) is 72.1. The summed E-state index contributed by atoms with van der Waals surface area (Å²) in [4.78, 5) is 16.6. The van der Waals surface area contributed by atoms with Crippen LogP contribution in [0.1, 0.15) is 99.9 Å². The van der Waals surface area contributed by atoms with Crippen molar-refractivity contribution in [1.29, 1.82) is 0 Å². The predicted molar refractivity (Wildman–Crippen MR) is 402 cm³/mol. The van der Waals surface area contributed by atoms with E-state index in [-0.39, 0.29) is 0 Å². The molecular weight excluding hydrogens is 1220 g/mol. The second-order valence-electron chi connectivity index (χ2n) is 24.7. The molecular formula is C86H82N4O4S2. The predicted octanol–water partition coefficient (Wildman–Crippen LogP) is 23.2. The van der Waals surface area contributed by atoms with E-state index in [0.717, 1.165) is 139 Å². The Balaban J connectivity index is 0.838. The fourth-order valence-corrected chi connectivity index (χ4v) is 16.1. The van der Waals surface area contributed by atoms with Crippen molar-refractivity contribution in [2.45, 2.75) is 107 Å². The second kappa shape index (κ2) is 28.3. The number of aromatic nitrogens is 2. The number of benzene rings is 8. The van der Waals surface area contributed by atoms with E-state index in [1.165, 1.54) is 89.0 Å². The minimum Gasteiger partial charge on any atom is -0.485 e. The number of ether oxygens (including phenoxy) is 4. The maximum Gasteiger partial charge on any atom is 0.197 e. The van der Waals surface area contributed by atoms with Crippen LogP contribution < -0.4 is 28.7 Å². The number of anilines is 6. The quantitative estimate of drug-likeness (QED) is 0.0705. The SMILES string of the molecule is CCc1ccc(-c2ccc(N(c3ccc(-c4ccc(CC)cc4CC)cc3)c3sc(-c4ccnc(-c5cc(-c6sc(N(c7ccc(-c8ccc(CC)cc8CC)cc7)c7ccc(-c8ccc(CC)cc8CC)cc7)c7c6OCCO7)ccn5)c4)c4c3OCCO4)cc2)c(CC)c1. The Labute approximate surface area is 574 Å². The summed E-state index contributed by atoms with van der Waals surface area (Å²) in [5, 5.41) is 1.87. The maximum absolute atomic E-state index is 6.74. The molecule has 8 aromatic carbocycles. The third-order valence-corrected chi connectivity index (χ3v) is 21.4. The van der Waals surface area contributed by atoms with Gasteiger partial charge >= 0.3 is 0 Å². The van der Waals surface area contributed by atoms with Crippen LogP contribution in [0.3, 0.4) is 0 Å². The highest BCUT2D eigenvalue weighted by Crippen LogP contribution is 2.59. The first-order valence-corrected chi connectivity index (χ1v) is 36.1. The largest absolute Gasteiger partial charge is 0.485 e. The molecule has 0 saturated heterocycles. The molecule has 0 fully saturated rings. The van der Waals surface area contributed by atoms with E-state index in [9.17, 15) is 0 Å². The third-order valence-electron chi connectivity index (χ3n) is 19.1. The average Bonchev–Trinajstić information content (AvgIpc) is 1.42. The fourth-order valence-electron chi connectivity index (χ4n) is 13.7. The Bertz CT molecular complexity index is 4260. The number of hydrogen-bond acceptors (Lipinski definition) is 10. The zero-order valence-electron chi connectivity index (χ0n) is 56.4. The van der Waals surface area contributed by atoms with Crippen molar-refractivity contribution in [3.63, 3.8) is 0 Å². The molecule has 8 nitrogen and oxygen atoms in total. The third kappa shape index (κ3) is 12.5. The van der Waals surface area contributed by atoms with Gasteiger partial charge in [0, 0.05) is 35.1 Å². The molecule has 96 heavy (non-hydrogen) atoms. The molecule has 6 heterocycles. The van der Waals surface area contributed by atoms with E-state index < -0.39 is 0 Å². The highest BCUT2D eigenvalue weighted by molar-refractivity contribution is 7.21. The van der Waals surface area contributed by atoms with Crippen LogP contribution in [0.15, 0.2) is 207 Å². The van der Waals surface area contributed by atoms with Crippen LogP contribution in [-0.2, 0) is 51.4 Å². The van der Waals surface area contributed by atoms with Crippen LogP contribution in [0.2, 0.25) is 0 Å². The molecule has 0 saturated carbocycles. The van der Waals surface area contributed by atoms with Crippen LogP contribution in [0.5, 0.6) is 23.0 Å². The first-order chi connectivity index (χ1) is 47.2. The summed E-state index contributed by atoms with van der Waals surface area (Å²) in [6.45, 7) is 19.6. The Morgan fingerprint density at radius 3 is 0.823 bits per heavy atom. The molecule has 12 aromatic rings. The van der Waals surface area contributed by atoms with Gasteiger partial charge in [-0.3, -0.25) is 19.8 Å². The second-order valence-corrected chi connectivity index (χ2v) is 26.7. The highest BCUT2D eigenvalue weighted by Gasteiger charge is 2.33. The molecule has 2 aliphatic rings. The Morgan fingerprint density at radius 1 is 0.292 bits per heavy atom. The molecule has 0 atom stereocenters. The van der Waals surface area contributed by atoms with E-state index in [4.69, 9.17) is 28.9 Å². The van der Waals surface area contributed by atoms with Gasteiger partial charge in [-0.05, 0) is 224 Å². The normalized spacial score (nSPS) is 12.5. The average molecular weight is 1300 g/mol. The van der Waals surface area contributed by atoms with E-state index in [1.807, 2.05) is 12.4 Å². The van der Waals surface area contributed by atoms with Crippen molar-refractivity contribution in [3.05, 3.63) is 251 Å². The molecule has 0 aliphatic carbocycles. The van der Waals surface area contributed by atoms with Crippen LogP contribution in [0.25, 0.3) is 76.8 Å². The number of fused-ring (bicyclic) bond motifs is 2. The summed E-state index contributed by atoms with van der Waals surface area (Å²) in [6.07, 6.45) is 11.6. The van der Waals surface area contributed by atoms with Crippen molar-refractivity contribution in [3.8, 4) is 99.8 Å². The summed E-state index contributed by atoms with van der Waals surface area (Å²) >= 11 is 3.34. The van der Waals surface area contributed by atoms with E-state index in [0.29, 0.717) is 26.4 Å². The fraction of sp³-hybridized carbons (Fsp3) is 0.233. The van der Waals surface area contributed by atoms with Crippen molar-refractivity contribution in [2.75, 3.05) is 36.2 Å². The van der Waals surface area contributed by atoms with Gasteiger partial charge in [0.1, 0.15) is 36.4 Å². The minimum absolute atomic E-state index is 0.432. The number of rotatable bonds is 21. The number of aryl methyl sites for hydroxylation is 8. The first kappa shape index (κ1) is 63.6. The van der Waals surface area contributed by atoms with Gasteiger partial charge in [0.05, 0.1) is 21.1 Å². The summed E-state index contributed by atoms with van der Waals surface area (Å²) < 4.78 is 26.9. The standard InChI is InChI=1S/C86H82N4O4S2/c1-9-55-17-37-73(59(13-5)49-55)63-21-29-69(30-22-63)89(70-31-23-64(24-32-70)74-38-18-56(10-2)50-60(74)14-6)85-81-79(91-45-47-93-81)83(95-85)67-41-43-87-77(53-67)78-54-68(42-44-88-78)84-80-82(94-48-46-92-80)86(96-84)90(71-33-25-65(26-34-71)75-39-19-57(11-3)51-61(75)15-7)72-35-27-66(28-36-72)76-40-20-58(12-4)52-62(76)16-8/h17-44,49-54H,9-16,45-48H2,1-8H3. The van der Waals surface area contributed by atoms with Crippen LogP contribution in [0, 0.1) is 0 Å². The molecule has 0 amide bonds. The molecule has 0 N–H and O–H groups in total. The lowest BCUT2D eigenvalue weighted by Crippen LogP contribution is -2.17. The van der Waals surface area contributed by atoms with Crippen LogP contribution in [-0.4, -0.2) is 36.4 Å². The van der Waals surface area contributed by atoms with Gasteiger partial charge in [-0.1, -0.05) is 177 Å². The molecule has 4 aromatic heterocycles. The van der Waals surface area contributed by atoms with Gasteiger partial charge in [-0.15, -0.1) is 22.7 Å². The van der Waals surface area contributed by atoms with Gasteiger partial charge in [0.2, 0.25) is 0 Å². The Morgan fingerprint density at radius 2 is 0.562 bits per heavy atom. The molecule has 0 unspecified atom stereocenters. The van der Waals surface area contributed by atoms with Gasteiger partial charge in [0.25, 0.3) is 0 Å². The lowest BCUT2D eigenvalue weighted by molar-refractivity contribution is 0.175. The molecule has 10 heteroatoms. The van der Waals surface area contributed by atoms with E-state index >= 15 is 0 Å². The van der Waals surface area contributed by atoms with Gasteiger partial charge in [-0.2, -0.15) is 0 Å². The summed E-state index contributed by atoms with van der Waals surface area (Å²) in [7, 11) is 0.